The summed E-state index contributed by atoms with van der Waals surface area (Å²) in [5, 5.41) is 20.9. The van der Waals surface area contributed by atoms with Gasteiger partial charge in [0.2, 0.25) is 5.91 Å². The Kier molecular flexibility index (Phi) is 1.04. The molecule has 0 aromatic rings. The van der Waals surface area contributed by atoms with E-state index in [1.54, 1.807) is 0 Å². The van der Waals surface area contributed by atoms with Crippen LogP contribution in [0.5, 0.6) is 0 Å². The molecule has 4 nitrogen and oxygen atoms in total. The fraction of sp³-hybridized carbons (Fsp3) is 0.833. The van der Waals surface area contributed by atoms with Crippen molar-refractivity contribution in [2.75, 3.05) is 0 Å². The Balaban J connectivity index is 2.24. The molecule has 10 heavy (non-hydrogen) atoms. The lowest BCUT2D eigenvalue weighted by molar-refractivity contribution is -0.131. The van der Waals surface area contributed by atoms with Gasteiger partial charge in [-0.15, -0.1) is 0 Å². The van der Waals surface area contributed by atoms with Crippen molar-refractivity contribution in [3.8, 4) is 0 Å². The second kappa shape index (κ2) is 1.71. The van der Waals surface area contributed by atoms with E-state index in [0.29, 0.717) is 6.42 Å². The highest BCUT2D eigenvalue weighted by atomic mass is 16.3. The first-order valence-electron chi connectivity index (χ1n) is 3.36. The zero-order chi connectivity index (χ0) is 7.30. The smallest absolute Gasteiger partial charge is 0.226 e. The second-order valence-corrected chi connectivity index (χ2v) is 2.94. The Morgan fingerprint density at radius 1 is 1.40 bits per heavy atom. The van der Waals surface area contributed by atoms with Gasteiger partial charge in [-0.05, 0) is 6.42 Å². The normalized spacial score (nSPS) is 51.6. The molecule has 1 amide bonds. The molecule has 1 heterocycles. The van der Waals surface area contributed by atoms with Crippen LogP contribution in [0.1, 0.15) is 6.42 Å². The summed E-state index contributed by atoms with van der Waals surface area (Å²) in [6.45, 7) is 0. The molecule has 4 atom stereocenters. The first-order chi connectivity index (χ1) is 4.70. The third kappa shape index (κ3) is 0.552. The molecule has 56 valence electrons. The molecule has 1 aliphatic heterocycles. The maximum Gasteiger partial charge on any atom is 0.226 e. The summed E-state index contributed by atoms with van der Waals surface area (Å²) in [5.74, 6) is -0.484. The number of aliphatic hydroxyl groups is 2. The molecule has 3 N–H and O–H groups in total. The van der Waals surface area contributed by atoms with Crippen molar-refractivity contribution < 1.29 is 15.0 Å². The van der Waals surface area contributed by atoms with Crippen LogP contribution < -0.4 is 5.32 Å². The number of amides is 1. The average Bonchev–Trinajstić information content (AvgIpc) is 2.36. The standard InChI is InChI=1S/C6H9NO3/c8-4-2-1-3(5(4)9)7-6(2)10/h2-5,8-9H,1H2,(H,7,10). The van der Waals surface area contributed by atoms with Gasteiger partial charge in [-0.3, -0.25) is 4.79 Å². The first kappa shape index (κ1) is 6.12. The van der Waals surface area contributed by atoms with Crippen molar-refractivity contribution in [2.24, 2.45) is 5.92 Å². The van der Waals surface area contributed by atoms with Gasteiger partial charge in [0.1, 0.15) is 6.10 Å². The maximum atomic E-state index is 10.8. The highest BCUT2D eigenvalue weighted by molar-refractivity contribution is 5.83. The summed E-state index contributed by atoms with van der Waals surface area (Å²) in [6.07, 6.45) is -0.998. The summed E-state index contributed by atoms with van der Waals surface area (Å²) < 4.78 is 0. The third-order valence-corrected chi connectivity index (χ3v) is 2.35. The van der Waals surface area contributed by atoms with Gasteiger partial charge < -0.3 is 15.5 Å². The van der Waals surface area contributed by atoms with Crippen molar-refractivity contribution in [1.82, 2.24) is 5.32 Å². The number of hydrogen-bond donors (Lipinski definition) is 3. The maximum absolute atomic E-state index is 10.8. The van der Waals surface area contributed by atoms with Crippen LogP contribution in [0.4, 0.5) is 0 Å². The molecule has 0 aromatic carbocycles. The molecule has 2 rings (SSSR count). The van der Waals surface area contributed by atoms with Gasteiger partial charge in [0.25, 0.3) is 0 Å². The van der Waals surface area contributed by atoms with Crippen LogP contribution in [0.3, 0.4) is 0 Å². The molecular formula is C6H9NO3. The van der Waals surface area contributed by atoms with E-state index in [4.69, 9.17) is 10.2 Å². The van der Waals surface area contributed by atoms with Crippen molar-refractivity contribution in [2.45, 2.75) is 24.7 Å². The lowest BCUT2D eigenvalue weighted by Crippen LogP contribution is -2.48. The number of piperidine rings is 1. The zero-order valence-electron chi connectivity index (χ0n) is 5.32. The minimum Gasteiger partial charge on any atom is -0.390 e. The highest BCUT2D eigenvalue weighted by Crippen LogP contribution is 2.32. The van der Waals surface area contributed by atoms with Crippen molar-refractivity contribution in [1.29, 1.82) is 0 Å². The monoisotopic (exact) mass is 143 g/mol. The van der Waals surface area contributed by atoms with Gasteiger partial charge in [-0.25, -0.2) is 0 Å². The summed E-state index contributed by atoms with van der Waals surface area (Å²) in [5.41, 5.74) is 0. The Hall–Kier alpha value is -0.610. The number of carbonyl (C=O) groups excluding carboxylic acids is 1. The second-order valence-electron chi connectivity index (χ2n) is 2.94. The van der Waals surface area contributed by atoms with E-state index < -0.39 is 12.2 Å². The van der Waals surface area contributed by atoms with Gasteiger partial charge in [0, 0.05) is 0 Å². The Labute approximate surface area is 57.9 Å². The summed E-state index contributed by atoms with van der Waals surface area (Å²) in [6, 6.07) is -0.201. The number of carbonyl (C=O) groups is 1. The Morgan fingerprint density at radius 2 is 2.10 bits per heavy atom. The van der Waals surface area contributed by atoms with Crippen LogP contribution >= 0.6 is 0 Å². The number of rotatable bonds is 0. The lowest BCUT2D eigenvalue weighted by Gasteiger charge is -2.22. The highest BCUT2D eigenvalue weighted by Gasteiger charge is 2.51. The van der Waals surface area contributed by atoms with Crippen LogP contribution in [0.2, 0.25) is 0 Å². The SMILES string of the molecule is O=C1NC2CC1C(O)C2O. The van der Waals surface area contributed by atoms with Gasteiger partial charge in [-0.2, -0.15) is 0 Å². The van der Waals surface area contributed by atoms with Gasteiger partial charge in [0.05, 0.1) is 18.1 Å². The number of nitrogens with one attached hydrogen (secondary N) is 1. The van der Waals surface area contributed by atoms with E-state index in [0.717, 1.165) is 0 Å². The zero-order valence-corrected chi connectivity index (χ0v) is 5.32. The minimum absolute atomic E-state index is 0.122. The molecule has 1 aliphatic carbocycles. The molecule has 2 fully saturated rings. The molecule has 1 saturated carbocycles. The van der Waals surface area contributed by atoms with Crippen molar-refractivity contribution in [3.05, 3.63) is 0 Å². The molecule has 4 heteroatoms. The fourth-order valence-electron chi connectivity index (χ4n) is 1.72. The van der Waals surface area contributed by atoms with Crippen LogP contribution in [0, 0.1) is 5.92 Å². The molecule has 4 unspecified atom stereocenters. The van der Waals surface area contributed by atoms with E-state index in [1.165, 1.54) is 0 Å². The molecule has 0 aromatic heterocycles. The fourth-order valence-corrected chi connectivity index (χ4v) is 1.72. The van der Waals surface area contributed by atoms with E-state index in [9.17, 15) is 4.79 Å². The molecule has 2 aliphatic rings. The molecule has 0 spiro atoms. The number of hydrogen-bond acceptors (Lipinski definition) is 3. The van der Waals surface area contributed by atoms with Crippen LogP contribution in [-0.2, 0) is 4.79 Å². The number of fused-ring (bicyclic) bond motifs is 2. The summed E-state index contributed by atoms with van der Waals surface area (Å²) in [7, 11) is 0. The van der Waals surface area contributed by atoms with Crippen molar-refractivity contribution in [3.63, 3.8) is 0 Å². The molecule has 0 radical (unpaired) electrons. The van der Waals surface area contributed by atoms with E-state index >= 15 is 0 Å². The number of aliphatic hydroxyl groups excluding tert-OH is 2. The topological polar surface area (TPSA) is 69.6 Å². The first-order valence-corrected chi connectivity index (χ1v) is 3.36. The third-order valence-electron chi connectivity index (χ3n) is 2.35. The Morgan fingerprint density at radius 3 is 2.50 bits per heavy atom. The van der Waals surface area contributed by atoms with Gasteiger partial charge in [0.15, 0.2) is 0 Å². The van der Waals surface area contributed by atoms with Gasteiger partial charge in [-0.1, -0.05) is 0 Å². The quantitative estimate of drug-likeness (QED) is 0.375. The van der Waals surface area contributed by atoms with E-state index in [1.807, 2.05) is 0 Å². The predicted octanol–water partition coefficient (Wildman–Crippen LogP) is -1.77. The lowest BCUT2D eigenvalue weighted by atomic mass is 10.1. The largest absolute Gasteiger partial charge is 0.390 e. The molecule has 2 bridgehead atoms. The van der Waals surface area contributed by atoms with E-state index in [2.05, 4.69) is 5.32 Å². The van der Waals surface area contributed by atoms with E-state index in [-0.39, 0.29) is 17.9 Å². The minimum atomic E-state index is -0.834. The summed E-state index contributed by atoms with van der Waals surface area (Å²) in [4.78, 5) is 10.8. The van der Waals surface area contributed by atoms with Crippen molar-refractivity contribution >= 4 is 5.91 Å². The van der Waals surface area contributed by atoms with Gasteiger partial charge >= 0.3 is 0 Å². The van der Waals surface area contributed by atoms with Crippen LogP contribution in [0.15, 0.2) is 0 Å². The average molecular weight is 143 g/mol. The Bertz CT molecular complexity index is 180. The van der Waals surface area contributed by atoms with Crippen LogP contribution in [0.25, 0.3) is 0 Å². The molecule has 1 saturated heterocycles. The molecular weight excluding hydrogens is 134 g/mol. The van der Waals surface area contributed by atoms with Crippen LogP contribution in [-0.4, -0.2) is 34.4 Å². The summed E-state index contributed by atoms with van der Waals surface area (Å²) >= 11 is 0. The predicted molar refractivity (Wildman–Crippen MR) is 32.1 cm³/mol.